The van der Waals surface area contributed by atoms with Gasteiger partial charge in [-0.1, -0.05) is 6.07 Å². The van der Waals surface area contributed by atoms with Gasteiger partial charge in [0.2, 0.25) is 0 Å². The number of hydrogen-bond donors (Lipinski definition) is 1. The Kier molecular flexibility index (Phi) is 4.64. The number of carbonyl (C=O) groups is 2. The molecule has 1 aromatic rings. The van der Waals surface area contributed by atoms with E-state index in [9.17, 15) is 9.59 Å². The molecule has 2 amide bonds. The summed E-state index contributed by atoms with van der Waals surface area (Å²) in [5.74, 6) is -0.864. The minimum absolute atomic E-state index is 0.0876. The zero-order valence-corrected chi connectivity index (χ0v) is 14.5. The second kappa shape index (κ2) is 6.70. The Balaban J connectivity index is 1.95. The molecule has 1 N–H and O–H groups in total. The first kappa shape index (κ1) is 16.6. The van der Waals surface area contributed by atoms with Gasteiger partial charge in [-0.2, -0.15) is 0 Å². The Morgan fingerprint density at radius 3 is 2.38 bits per heavy atom. The van der Waals surface area contributed by atoms with Crippen molar-refractivity contribution >= 4 is 34.8 Å². The van der Waals surface area contributed by atoms with Crippen LogP contribution in [0, 0.1) is 13.8 Å². The van der Waals surface area contributed by atoms with Crippen LogP contribution < -0.4 is 10.2 Å². The first-order chi connectivity index (χ1) is 11.5. The number of morpholine rings is 1. The van der Waals surface area contributed by atoms with Gasteiger partial charge in [-0.25, -0.2) is 0 Å². The van der Waals surface area contributed by atoms with E-state index in [0.29, 0.717) is 32.0 Å². The molecule has 2 saturated heterocycles. The number of benzene rings is 1. The quantitative estimate of drug-likeness (QED) is 0.497. The fourth-order valence-corrected chi connectivity index (χ4v) is 3.13. The van der Waals surface area contributed by atoms with Crippen LogP contribution in [0.4, 0.5) is 5.69 Å². The molecular formula is C17H19N3O3S. The summed E-state index contributed by atoms with van der Waals surface area (Å²) in [6, 6.07) is 5.77. The van der Waals surface area contributed by atoms with Crippen molar-refractivity contribution in [3.63, 3.8) is 0 Å². The average molecular weight is 345 g/mol. The summed E-state index contributed by atoms with van der Waals surface area (Å²) in [5.41, 5.74) is 2.80. The topological polar surface area (TPSA) is 61.9 Å². The number of nitrogens with one attached hydrogen (secondary N) is 1. The molecule has 2 heterocycles. The summed E-state index contributed by atoms with van der Waals surface area (Å²) in [7, 11) is 0. The number of hydrogen-bond acceptors (Lipinski definition) is 5. The van der Waals surface area contributed by atoms with E-state index in [1.807, 2.05) is 36.9 Å². The molecule has 0 unspecified atom stereocenters. The van der Waals surface area contributed by atoms with E-state index in [1.165, 1.54) is 4.90 Å². The van der Waals surface area contributed by atoms with Crippen molar-refractivity contribution in [2.75, 3.05) is 31.2 Å². The van der Waals surface area contributed by atoms with Gasteiger partial charge in [-0.15, -0.1) is 0 Å². The molecule has 3 rings (SSSR count). The SMILES string of the molecule is Cc1cc(C)cc(N2C(=O)/C(=C/N3CCOCC3)C(=O)NC2=S)c1. The van der Waals surface area contributed by atoms with Crippen molar-refractivity contribution in [2.45, 2.75) is 13.8 Å². The Morgan fingerprint density at radius 2 is 1.75 bits per heavy atom. The third-order valence-electron chi connectivity index (χ3n) is 3.92. The van der Waals surface area contributed by atoms with E-state index in [4.69, 9.17) is 17.0 Å². The maximum absolute atomic E-state index is 12.9. The molecule has 0 aromatic heterocycles. The molecule has 126 valence electrons. The van der Waals surface area contributed by atoms with Crippen LogP contribution in [0.15, 0.2) is 30.0 Å². The van der Waals surface area contributed by atoms with Crippen LogP contribution >= 0.6 is 12.2 Å². The lowest BCUT2D eigenvalue weighted by molar-refractivity contribution is -0.122. The van der Waals surface area contributed by atoms with Gasteiger partial charge < -0.3 is 9.64 Å². The van der Waals surface area contributed by atoms with Crippen LogP contribution in [0.2, 0.25) is 0 Å². The van der Waals surface area contributed by atoms with E-state index in [-0.39, 0.29) is 10.7 Å². The highest BCUT2D eigenvalue weighted by Crippen LogP contribution is 2.23. The molecule has 0 atom stereocenters. The van der Waals surface area contributed by atoms with Crippen molar-refractivity contribution in [2.24, 2.45) is 0 Å². The van der Waals surface area contributed by atoms with Gasteiger partial charge in [-0.3, -0.25) is 19.8 Å². The Labute approximate surface area is 146 Å². The van der Waals surface area contributed by atoms with Crippen molar-refractivity contribution in [3.05, 3.63) is 41.1 Å². The highest BCUT2D eigenvalue weighted by atomic mass is 32.1. The summed E-state index contributed by atoms with van der Waals surface area (Å²) in [4.78, 5) is 28.4. The fourth-order valence-electron chi connectivity index (χ4n) is 2.85. The summed E-state index contributed by atoms with van der Waals surface area (Å²) in [6.07, 6.45) is 1.61. The lowest BCUT2D eigenvalue weighted by atomic mass is 10.1. The monoisotopic (exact) mass is 345 g/mol. The molecule has 6 nitrogen and oxygen atoms in total. The lowest BCUT2D eigenvalue weighted by Crippen LogP contribution is -2.55. The summed E-state index contributed by atoms with van der Waals surface area (Å²) in [6.45, 7) is 6.38. The largest absolute Gasteiger partial charge is 0.378 e. The highest BCUT2D eigenvalue weighted by Gasteiger charge is 2.35. The number of thiocarbonyl (C=S) groups is 1. The van der Waals surface area contributed by atoms with E-state index >= 15 is 0 Å². The Morgan fingerprint density at radius 1 is 1.12 bits per heavy atom. The van der Waals surface area contributed by atoms with Gasteiger partial charge in [0, 0.05) is 19.3 Å². The van der Waals surface area contributed by atoms with E-state index < -0.39 is 11.8 Å². The molecule has 24 heavy (non-hydrogen) atoms. The molecule has 7 heteroatoms. The van der Waals surface area contributed by atoms with Gasteiger partial charge in [0.1, 0.15) is 5.57 Å². The smallest absolute Gasteiger partial charge is 0.271 e. The van der Waals surface area contributed by atoms with Crippen LogP contribution in [0.1, 0.15) is 11.1 Å². The van der Waals surface area contributed by atoms with Crippen LogP contribution in [-0.4, -0.2) is 48.1 Å². The van der Waals surface area contributed by atoms with Gasteiger partial charge in [0.15, 0.2) is 5.11 Å². The Hall–Kier alpha value is -2.25. The molecule has 2 aliphatic heterocycles. The van der Waals surface area contributed by atoms with Crippen molar-refractivity contribution in [3.8, 4) is 0 Å². The zero-order valence-electron chi connectivity index (χ0n) is 13.7. The third-order valence-corrected chi connectivity index (χ3v) is 4.21. The van der Waals surface area contributed by atoms with Crippen molar-refractivity contribution in [1.82, 2.24) is 10.2 Å². The average Bonchev–Trinajstić information content (AvgIpc) is 2.51. The van der Waals surface area contributed by atoms with Gasteiger partial charge in [0.25, 0.3) is 11.8 Å². The molecule has 2 fully saturated rings. The van der Waals surface area contributed by atoms with Crippen LogP contribution in [0.25, 0.3) is 0 Å². The molecule has 2 aliphatic rings. The van der Waals surface area contributed by atoms with Gasteiger partial charge in [-0.05, 0) is 49.3 Å². The van der Waals surface area contributed by atoms with Gasteiger partial charge in [0.05, 0.1) is 18.9 Å². The number of rotatable bonds is 2. The minimum atomic E-state index is -0.461. The molecule has 0 aliphatic carbocycles. The molecule has 1 aromatic carbocycles. The zero-order chi connectivity index (χ0) is 17.3. The molecule has 0 spiro atoms. The summed E-state index contributed by atoms with van der Waals surface area (Å²) >= 11 is 5.22. The number of nitrogens with zero attached hydrogens (tertiary/aromatic N) is 2. The predicted molar refractivity (Wildman–Crippen MR) is 94.6 cm³/mol. The minimum Gasteiger partial charge on any atom is -0.378 e. The number of amides is 2. The number of anilines is 1. The van der Waals surface area contributed by atoms with Crippen molar-refractivity contribution in [1.29, 1.82) is 0 Å². The first-order valence-corrected chi connectivity index (χ1v) is 8.18. The second-order valence-corrected chi connectivity index (χ2v) is 6.32. The van der Waals surface area contributed by atoms with Crippen LogP contribution in [0.3, 0.4) is 0 Å². The Bertz CT molecular complexity index is 718. The number of ether oxygens (including phenoxy) is 1. The third kappa shape index (κ3) is 3.32. The summed E-state index contributed by atoms with van der Waals surface area (Å²) < 4.78 is 5.29. The molecule has 0 radical (unpaired) electrons. The highest BCUT2D eigenvalue weighted by molar-refractivity contribution is 7.80. The molecule has 0 bridgehead atoms. The van der Waals surface area contributed by atoms with Crippen LogP contribution in [-0.2, 0) is 14.3 Å². The maximum Gasteiger partial charge on any atom is 0.271 e. The number of carbonyl (C=O) groups excluding carboxylic acids is 2. The molecular weight excluding hydrogens is 326 g/mol. The van der Waals surface area contributed by atoms with E-state index in [1.54, 1.807) is 6.20 Å². The maximum atomic E-state index is 12.9. The standard InChI is InChI=1S/C17H19N3O3S/c1-11-7-12(2)9-13(8-11)20-16(22)14(15(21)18-17(20)24)10-19-3-5-23-6-4-19/h7-10H,3-6H2,1-2H3,(H,18,21,24)/b14-10+. The second-order valence-electron chi connectivity index (χ2n) is 5.94. The van der Waals surface area contributed by atoms with Crippen LogP contribution in [0.5, 0.6) is 0 Å². The fraction of sp³-hybridized carbons (Fsp3) is 0.353. The normalized spacial score (nSPS) is 20.6. The summed E-state index contributed by atoms with van der Waals surface area (Å²) in [5, 5.41) is 2.71. The predicted octanol–water partition coefficient (Wildman–Crippen LogP) is 1.27. The number of aryl methyl sites for hydroxylation is 2. The first-order valence-electron chi connectivity index (χ1n) is 7.77. The molecule has 0 saturated carbocycles. The van der Waals surface area contributed by atoms with E-state index in [0.717, 1.165) is 11.1 Å². The van der Waals surface area contributed by atoms with E-state index in [2.05, 4.69) is 5.32 Å². The van der Waals surface area contributed by atoms with Crippen molar-refractivity contribution < 1.29 is 14.3 Å². The van der Waals surface area contributed by atoms with Gasteiger partial charge >= 0.3 is 0 Å². The lowest BCUT2D eigenvalue weighted by Gasteiger charge is -2.31.